The molecule has 118 valence electrons. The molecule has 2 rings (SSSR count). The van der Waals surface area contributed by atoms with Crippen LogP contribution in [-0.4, -0.2) is 24.3 Å². The first-order valence-corrected chi connectivity index (χ1v) is 6.74. The minimum atomic E-state index is -0.593. The fourth-order valence-electron chi connectivity index (χ4n) is 1.70. The van der Waals surface area contributed by atoms with Crippen LogP contribution < -0.4 is 16.2 Å². The van der Waals surface area contributed by atoms with Crippen LogP contribution in [0.4, 0.5) is 4.39 Å². The number of rotatable bonds is 4. The van der Waals surface area contributed by atoms with Crippen molar-refractivity contribution in [2.24, 2.45) is 0 Å². The van der Waals surface area contributed by atoms with Gasteiger partial charge in [-0.2, -0.15) is 0 Å². The lowest BCUT2D eigenvalue weighted by Crippen LogP contribution is -2.46. The van der Waals surface area contributed by atoms with Crippen molar-refractivity contribution in [2.45, 2.75) is 0 Å². The van der Waals surface area contributed by atoms with Crippen molar-refractivity contribution in [1.82, 2.24) is 16.2 Å². The van der Waals surface area contributed by atoms with Crippen LogP contribution in [0.5, 0.6) is 0 Å². The first kappa shape index (κ1) is 16.2. The van der Waals surface area contributed by atoms with Crippen LogP contribution in [0.3, 0.4) is 0 Å². The fraction of sp³-hybridized carbons (Fsp3) is 0.0625. The van der Waals surface area contributed by atoms with Gasteiger partial charge >= 0.3 is 0 Å². The normalized spacial score (nSPS) is 9.78. The molecule has 0 atom stereocenters. The molecule has 23 heavy (non-hydrogen) atoms. The van der Waals surface area contributed by atoms with Gasteiger partial charge in [-0.3, -0.25) is 25.2 Å². The molecule has 0 unspecified atom stereocenters. The van der Waals surface area contributed by atoms with Crippen molar-refractivity contribution in [1.29, 1.82) is 0 Å². The van der Waals surface area contributed by atoms with Crippen molar-refractivity contribution in [3.63, 3.8) is 0 Å². The average Bonchev–Trinajstić information content (AvgIpc) is 2.59. The molecule has 3 amide bonds. The summed E-state index contributed by atoms with van der Waals surface area (Å²) in [5.74, 6) is -2.04. The number of amides is 3. The van der Waals surface area contributed by atoms with Crippen molar-refractivity contribution in [2.75, 3.05) is 6.54 Å². The number of carbonyl (C=O) groups excluding carboxylic acids is 3. The lowest BCUT2D eigenvalue weighted by molar-refractivity contribution is -0.120. The maximum Gasteiger partial charge on any atom is 0.269 e. The summed E-state index contributed by atoms with van der Waals surface area (Å²) in [5, 5.41) is 2.42. The van der Waals surface area contributed by atoms with Gasteiger partial charge in [-0.05, 0) is 36.4 Å². The van der Waals surface area contributed by atoms with Crippen molar-refractivity contribution in [3.8, 4) is 0 Å². The summed E-state index contributed by atoms with van der Waals surface area (Å²) in [5.41, 5.74) is 4.95. The highest BCUT2D eigenvalue weighted by Crippen LogP contribution is 2.01. The van der Waals surface area contributed by atoms with Gasteiger partial charge in [-0.1, -0.05) is 18.2 Å². The molecule has 0 aliphatic carbocycles. The molecular weight excluding hydrogens is 301 g/mol. The highest BCUT2D eigenvalue weighted by molar-refractivity contribution is 5.97. The molecule has 3 N–H and O–H groups in total. The summed E-state index contributed by atoms with van der Waals surface area (Å²) in [4.78, 5) is 35.0. The van der Waals surface area contributed by atoms with Crippen LogP contribution in [-0.2, 0) is 4.79 Å². The molecule has 6 nitrogen and oxygen atoms in total. The monoisotopic (exact) mass is 315 g/mol. The minimum absolute atomic E-state index is 0.194. The Morgan fingerprint density at radius 3 is 2.04 bits per heavy atom. The standard InChI is InChI=1S/C16H14FN3O3/c17-13-8-6-12(7-9-13)16(23)20-19-14(21)10-18-15(22)11-4-2-1-3-5-11/h1-9H,10H2,(H,18,22)(H,19,21)(H,20,23). The third-order valence-corrected chi connectivity index (χ3v) is 2.87. The molecule has 0 saturated carbocycles. The second kappa shape index (κ2) is 7.69. The van der Waals surface area contributed by atoms with E-state index in [0.29, 0.717) is 5.56 Å². The van der Waals surface area contributed by atoms with E-state index in [1.54, 1.807) is 30.3 Å². The summed E-state index contributed by atoms with van der Waals surface area (Å²) in [6.07, 6.45) is 0. The van der Waals surface area contributed by atoms with E-state index in [-0.39, 0.29) is 12.1 Å². The van der Waals surface area contributed by atoms with Crippen LogP contribution in [0.15, 0.2) is 54.6 Å². The molecule has 0 heterocycles. The average molecular weight is 315 g/mol. The van der Waals surface area contributed by atoms with E-state index in [1.807, 2.05) is 0 Å². The minimum Gasteiger partial charge on any atom is -0.343 e. The zero-order valence-corrected chi connectivity index (χ0v) is 12.0. The van der Waals surface area contributed by atoms with Gasteiger partial charge < -0.3 is 5.32 Å². The van der Waals surface area contributed by atoms with Crippen LogP contribution in [0, 0.1) is 5.82 Å². The van der Waals surface area contributed by atoms with E-state index >= 15 is 0 Å². The van der Waals surface area contributed by atoms with E-state index in [2.05, 4.69) is 16.2 Å². The van der Waals surface area contributed by atoms with Gasteiger partial charge in [0.05, 0.1) is 6.54 Å². The highest BCUT2D eigenvalue weighted by Gasteiger charge is 2.09. The number of halogens is 1. The Labute approximate surface area is 131 Å². The molecule has 0 aliphatic rings. The Balaban J connectivity index is 1.76. The molecule has 7 heteroatoms. The first-order chi connectivity index (χ1) is 11.1. The van der Waals surface area contributed by atoms with E-state index in [1.165, 1.54) is 12.1 Å². The number of carbonyl (C=O) groups is 3. The molecule has 0 spiro atoms. The second-order valence-corrected chi connectivity index (χ2v) is 4.56. The smallest absolute Gasteiger partial charge is 0.269 e. The maximum absolute atomic E-state index is 12.7. The van der Waals surface area contributed by atoms with Crippen LogP contribution in [0.1, 0.15) is 20.7 Å². The molecule has 2 aromatic carbocycles. The van der Waals surface area contributed by atoms with Crippen LogP contribution in [0.2, 0.25) is 0 Å². The number of benzene rings is 2. The summed E-state index contributed by atoms with van der Waals surface area (Å²) in [6.45, 7) is -0.294. The Kier molecular flexibility index (Phi) is 5.40. The number of nitrogens with one attached hydrogen (secondary N) is 3. The maximum atomic E-state index is 12.7. The van der Waals surface area contributed by atoms with Crippen molar-refractivity contribution in [3.05, 3.63) is 71.5 Å². The molecule has 0 radical (unpaired) electrons. The number of hydrogen-bond donors (Lipinski definition) is 3. The Morgan fingerprint density at radius 1 is 0.783 bits per heavy atom. The van der Waals surface area contributed by atoms with Crippen LogP contribution >= 0.6 is 0 Å². The second-order valence-electron chi connectivity index (χ2n) is 4.56. The lowest BCUT2D eigenvalue weighted by Gasteiger charge is -2.08. The Hall–Kier alpha value is -3.22. The lowest BCUT2D eigenvalue weighted by atomic mass is 10.2. The third kappa shape index (κ3) is 4.92. The van der Waals surface area contributed by atoms with Gasteiger partial charge in [0.25, 0.3) is 17.7 Å². The van der Waals surface area contributed by atoms with Gasteiger partial charge in [0.2, 0.25) is 0 Å². The highest BCUT2D eigenvalue weighted by atomic mass is 19.1. The summed E-state index contributed by atoms with van der Waals surface area (Å²) < 4.78 is 12.7. The third-order valence-electron chi connectivity index (χ3n) is 2.87. The van der Waals surface area contributed by atoms with E-state index in [0.717, 1.165) is 12.1 Å². The Morgan fingerprint density at radius 2 is 1.39 bits per heavy atom. The number of hydrogen-bond acceptors (Lipinski definition) is 3. The predicted octanol–water partition coefficient (Wildman–Crippen LogP) is 1.02. The topological polar surface area (TPSA) is 87.3 Å². The molecule has 2 aromatic rings. The van der Waals surface area contributed by atoms with E-state index in [9.17, 15) is 18.8 Å². The summed E-state index contributed by atoms with van der Waals surface area (Å²) in [7, 11) is 0. The quantitative estimate of drug-likeness (QED) is 0.736. The van der Waals surface area contributed by atoms with Gasteiger partial charge in [0.15, 0.2) is 0 Å². The molecule has 0 aliphatic heterocycles. The van der Waals surface area contributed by atoms with Gasteiger partial charge in [-0.25, -0.2) is 4.39 Å². The van der Waals surface area contributed by atoms with Gasteiger partial charge in [-0.15, -0.1) is 0 Å². The SMILES string of the molecule is O=C(CNC(=O)c1ccccc1)NNC(=O)c1ccc(F)cc1. The van der Waals surface area contributed by atoms with E-state index < -0.39 is 23.5 Å². The molecular formula is C16H14FN3O3. The number of hydrazine groups is 1. The zero-order chi connectivity index (χ0) is 16.7. The molecule has 0 saturated heterocycles. The summed E-state index contributed by atoms with van der Waals surface area (Å²) in [6, 6.07) is 13.3. The molecule has 0 fully saturated rings. The largest absolute Gasteiger partial charge is 0.343 e. The molecule has 0 bridgehead atoms. The molecule has 0 aromatic heterocycles. The first-order valence-electron chi connectivity index (χ1n) is 6.74. The zero-order valence-electron chi connectivity index (χ0n) is 12.0. The fourth-order valence-corrected chi connectivity index (χ4v) is 1.70. The van der Waals surface area contributed by atoms with Crippen molar-refractivity contribution >= 4 is 17.7 Å². The van der Waals surface area contributed by atoms with Crippen molar-refractivity contribution < 1.29 is 18.8 Å². The summed E-state index contributed by atoms with van der Waals surface area (Å²) >= 11 is 0. The van der Waals surface area contributed by atoms with E-state index in [4.69, 9.17) is 0 Å². The van der Waals surface area contributed by atoms with Gasteiger partial charge in [0.1, 0.15) is 5.82 Å². The Bertz CT molecular complexity index is 702. The predicted molar refractivity (Wildman–Crippen MR) is 80.8 cm³/mol. The van der Waals surface area contributed by atoms with Crippen LogP contribution in [0.25, 0.3) is 0 Å². The van der Waals surface area contributed by atoms with Gasteiger partial charge in [0, 0.05) is 11.1 Å².